The molecule has 1 aliphatic rings. The van der Waals surface area contributed by atoms with E-state index in [1.807, 2.05) is 0 Å². The molecule has 1 aromatic rings. The maximum Gasteiger partial charge on any atom is 0.294 e. The van der Waals surface area contributed by atoms with Gasteiger partial charge in [0.1, 0.15) is 5.69 Å². The second-order valence-electron chi connectivity index (χ2n) is 4.82. The van der Waals surface area contributed by atoms with E-state index >= 15 is 0 Å². The number of carbonyl (C=O) groups excluding carboxylic acids is 1. The van der Waals surface area contributed by atoms with E-state index < -0.39 is 4.92 Å². The molecule has 0 atom stereocenters. The van der Waals surface area contributed by atoms with Crippen LogP contribution in [0.1, 0.15) is 23.2 Å². The van der Waals surface area contributed by atoms with Crippen molar-refractivity contribution in [2.75, 3.05) is 25.7 Å². The lowest BCUT2D eigenvalue weighted by molar-refractivity contribution is -0.384. The zero-order valence-electron chi connectivity index (χ0n) is 11.7. The predicted molar refractivity (Wildman–Crippen MR) is 76.8 cm³/mol. The molecule has 0 radical (unpaired) electrons. The van der Waals surface area contributed by atoms with Crippen LogP contribution in [0.2, 0.25) is 0 Å². The first-order valence-corrected chi connectivity index (χ1v) is 6.64. The second-order valence-corrected chi connectivity index (χ2v) is 4.82. The van der Waals surface area contributed by atoms with Gasteiger partial charge in [-0.2, -0.15) is 0 Å². The number of ether oxygens (including phenoxy) is 1. The lowest BCUT2D eigenvalue weighted by atomic mass is 10.1. The molecule has 1 fully saturated rings. The molecule has 0 spiro atoms. The van der Waals surface area contributed by atoms with E-state index in [1.54, 1.807) is 12.0 Å². The smallest absolute Gasteiger partial charge is 0.294 e. The van der Waals surface area contributed by atoms with Crippen LogP contribution in [0, 0.1) is 10.1 Å². The Balaban J connectivity index is 2.32. The van der Waals surface area contributed by atoms with E-state index in [-0.39, 0.29) is 28.9 Å². The van der Waals surface area contributed by atoms with Gasteiger partial charge in [0.2, 0.25) is 0 Å². The number of para-hydroxylation sites is 1. The first-order valence-electron chi connectivity index (χ1n) is 6.64. The van der Waals surface area contributed by atoms with Crippen molar-refractivity contribution in [1.29, 1.82) is 0 Å². The van der Waals surface area contributed by atoms with Crippen molar-refractivity contribution in [3.8, 4) is 0 Å². The molecule has 0 heterocycles. The maximum atomic E-state index is 12.6. The van der Waals surface area contributed by atoms with Crippen LogP contribution in [-0.4, -0.2) is 42.0 Å². The fraction of sp³-hybridized carbons (Fsp3) is 0.462. The van der Waals surface area contributed by atoms with Crippen molar-refractivity contribution < 1.29 is 14.5 Å². The topological polar surface area (TPSA) is 111 Å². The molecule has 1 aromatic carbocycles. The van der Waals surface area contributed by atoms with Gasteiger partial charge >= 0.3 is 0 Å². The highest BCUT2D eigenvalue weighted by Crippen LogP contribution is 2.32. The summed E-state index contributed by atoms with van der Waals surface area (Å²) in [5, 5.41) is 11.0. The largest absolute Gasteiger partial charge is 0.383 e. The Kier molecular flexibility index (Phi) is 4.71. The van der Waals surface area contributed by atoms with Crippen LogP contribution in [0.15, 0.2) is 18.2 Å². The first-order chi connectivity index (χ1) is 10.1. The minimum atomic E-state index is -0.567. The molecule has 8 heteroatoms. The number of amides is 1. The summed E-state index contributed by atoms with van der Waals surface area (Å²) in [5.41, 5.74) is 2.30. The zero-order valence-corrected chi connectivity index (χ0v) is 11.7. The number of nitrogen functional groups attached to an aromatic ring is 1. The third-order valence-electron chi connectivity index (χ3n) is 3.40. The minimum Gasteiger partial charge on any atom is -0.383 e. The Hall–Kier alpha value is -2.19. The third kappa shape index (κ3) is 3.29. The van der Waals surface area contributed by atoms with Crippen molar-refractivity contribution in [3.63, 3.8) is 0 Å². The van der Waals surface area contributed by atoms with Crippen LogP contribution in [0.4, 0.5) is 11.4 Å². The molecule has 1 aliphatic carbocycles. The lowest BCUT2D eigenvalue weighted by Gasteiger charge is -2.23. The number of nitrogens with one attached hydrogen (secondary N) is 1. The molecule has 8 nitrogen and oxygen atoms in total. The van der Waals surface area contributed by atoms with Gasteiger partial charge < -0.3 is 15.1 Å². The molecular formula is C13H18N4O4. The lowest BCUT2D eigenvalue weighted by Crippen LogP contribution is -2.36. The van der Waals surface area contributed by atoms with E-state index in [1.165, 1.54) is 18.2 Å². The van der Waals surface area contributed by atoms with Gasteiger partial charge in [0.05, 0.1) is 17.1 Å². The molecular weight excluding hydrogens is 276 g/mol. The Bertz CT molecular complexity index is 545. The summed E-state index contributed by atoms with van der Waals surface area (Å²) in [7, 11) is 1.57. The summed E-state index contributed by atoms with van der Waals surface area (Å²) in [5.74, 6) is 5.10. The number of methoxy groups -OCH3 is 1. The average Bonchev–Trinajstić information content (AvgIpc) is 3.31. The predicted octanol–water partition coefficient (Wildman–Crippen LogP) is 1.13. The highest BCUT2D eigenvalue weighted by molar-refractivity contribution is 6.01. The van der Waals surface area contributed by atoms with E-state index in [0.717, 1.165) is 12.8 Å². The van der Waals surface area contributed by atoms with Crippen molar-refractivity contribution in [1.82, 2.24) is 4.90 Å². The van der Waals surface area contributed by atoms with Crippen LogP contribution in [0.5, 0.6) is 0 Å². The molecule has 1 amide bonds. The molecule has 0 aromatic heterocycles. The number of hydrazine groups is 1. The number of hydrogen-bond donors (Lipinski definition) is 2. The van der Waals surface area contributed by atoms with E-state index in [4.69, 9.17) is 10.6 Å². The van der Waals surface area contributed by atoms with Gasteiger partial charge in [0, 0.05) is 25.8 Å². The number of nitrogens with two attached hydrogens (primary N) is 1. The molecule has 0 unspecified atom stereocenters. The summed E-state index contributed by atoms with van der Waals surface area (Å²) < 4.78 is 5.01. The van der Waals surface area contributed by atoms with E-state index in [9.17, 15) is 14.9 Å². The van der Waals surface area contributed by atoms with Gasteiger partial charge in [-0.15, -0.1) is 0 Å². The molecule has 0 bridgehead atoms. The highest BCUT2D eigenvalue weighted by Gasteiger charge is 2.34. The summed E-state index contributed by atoms with van der Waals surface area (Å²) in [6.07, 6.45) is 1.88. The summed E-state index contributed by atoms with van der Waals surface area (Å²) >= 11 is 0. The number of anilines is 1. The number of nitrogens with zero attached hydrogens (tertiary/aromatic N) is 2. The fourth-order valence-corrected chi connectivity index (χ4v) is 2.20. The van der Waals surface area contributed by atoms with E-state index in [2.05, 4.69) is 5.43 Å². The van der Waals surface area contributed by atoms with Gasteiger partial charge in [-0.1, -0.05) is 6.07 Å². The quantitative estimate of drug-likeness (QED) is 0.443. The molecule has 3 N–H and O–H groups in total. The third-order valence-corrected chi connectivity index (χ3v) is 3.40. The molecule has 0 saturated heterocycles. The normalized spacial score (nSPS) is 13.8. The van der Waals surface area contributed by atoms with Gasteiger partial charge in [-0.25, -0.2) is 0 Å². The van der Waals surface area contributed by atoms with Crippen molar-refractivity contribution in [2.24, 2.45) is 5.84 Å². The zero-order chi connectivity index (χ0) is 15.4. The standard InChI is InChI=1S/C13H18N4O4/c1-21-8-7-16(9-5-6-9)13(18)10-3-2-4-11(17(19)20)12(10)15-14/h2-4,9,15H,5-8,14H2,1H3. The Morgan fingerprint density at radius 2 is 2.29 bits per heavy atom. The molecule has 1 saturated carbocycles. The van der Waals surface area contributed by atoms with Crippen LogP contribution in [-0.2, 0) is 4.74 Å². The van der Waals surface area contributed by atoms with Crippen LogP contribution in [0.25, 0.3) is 0 Å². The SMILES string of the molecule is COCCN(C(=O)c1cccc([N+](=O)[O-])c1NN)C1CC1. The highest BCUT2D eigenvalue weighted by atomic mass is 16.6. The number of rotatable bonds is 7. The Labute approximate surface area is 122 Å². The summed E-state index contributed by atoms with van der Waals surface area (Å²) in [4.78, 5) is 24.8. The number of hydrogen-bond acceptors (Lipinski definition) is 6. The van der Waals surface area contributed by atoms with E-state index in [0.29, 0.717) is 13.2 Å². The monoisotopic (exact) mass is 294 g/mol. The van der Waals surface area contributed by atoms with Gasteiger partial charge in [0.15, 0.2) is 0 Å². The van der Waals surface area contributed by atoms with Gasteiger partial charge in [-0.05, 0) is 18.9 Å². The fourth-order valence-electron chi connectivity index (χ4n) is 2.20. The molecule has 114 valence electrons. The summed E-state index contributed by atoms with van der Waals surface area (Å²) in [6, 6.07) is 4.50. The minimum absolute atomic E-state index is 0.0376. The molecule has 21 heavy (non-hydrogen) atoms. The van der Waals surface area contributed by atoms with Gasteiger partial charge in [-0.3, -0.25) is 20.8 Å². The summed E-state index contributed by atoms with van der Waals surface area (Å²) in [6.45, 7) is 0.870. The first kappa shape index (κ1) is 15.2. The number of nitro benzene ring substituents is 1. The van der Waals surface area contributed by atoms with Crippen LogP contribution >= 0.6 is 0 Å². The Morgan fingerprint density at radius 3 is 2.81 bits per heavy atom. The van der Waals surface area contributed by atoms with Crippen molar-refractivity contribution in [3.05, 3.63) is 33.9 Å². The Morgan fingerprint density at radius 1 is 1.57 bits per heavy atom. The van der Waals surface area contributed by atoms with Gasteiger partial charge in [0.25, 0.3) is 11.6 Å². The number of carbonyl (C=O) groups is 1. The van der Waals surface area contributed by atoms with Crippen LogP contribution in [0.3, 0.4) is 0 Å². The second kappa shape index (κ2) is 6.51. The van der Waals surface area contributed by atoms with Crippen molar-refractivity contribution in [2.45, 2.75) is 18.9 Å². The molecule has 2 rings (SSSR count). The average molecular weight is 294 g/mol. The van der Waals surface area contributed by atoms with Crippen LogP contribution < -0.4 is 11.3 Å². The number of nitro groups is 1. The number of benzene rings is 1. The molecule has 0 aliphatic heterocycles. The van der Waals surface area contributed by atoms with Crippen molar-refractivity contribution >= 4 is 17.3 Å². The maximum absolute atomic E-state index is 12.6.